The average Bonchev–Trinajstić information content (AvgIpc) is 2.39. The maximum Gasteiger partial charge on any atom is 0.107 e. The lowest BCUT2D eigenvalue weighted by molar-refractivity contribution is 0.457. The van der Waals surface area contributed by atoms with Crippen LogP contribution in [0.5, 0.6) is 0 Å². The van der Waals surface area contributed by atoms with Gasteiger partial charge in [0.05, 0.1) is 5.69 Å². The fraction of sp³-hybridized carbons (Fsp3) is 0.769. The van der Waals surface area contributed by atoms with Crippen LogP contribution in [0.1, 0.15) is 43.3 Å². The Balaban J connectivity index is 1.95. The van der Waals surface area contributed by atoms with E-state index in [1.807, 2.05) is 11.3 Å². The minimum atomic E-state index is 0.411. The van der Waals surface area contributed by atoms with E-state index in [1.54, 1.807) is 0 Å². The minimum absolute atomic E-state index is 0.411. The third-order valence-electron chi connectivity index (χ3n) is 4.55. The second kappa shape index (κ2) is 3.54. The summed E-state index contributed by atoms with van der Waals surface area (Å²) in [5.74, 6) is 0. The van der Waals surface area contributed by atoms with Gasteiger partial charge in [0.2, 0.25) is 0 Å². The Labute approximate surface area is 102 Å². The van der Waals surface area contributed by atoms with Crippen LogP contribution < -0.4 is 5.32 Å². The molecule has 1 saturated carbocycles. The highest BCUT2D eigenvalue weighted by Crippen LogP contribution is 2.62. The van der Waals surface area contributed by atoms with Crippen molar-refractivity contribution in [2.24, 2.45) is 10.8 Å². The summed E-state index contributed by atoms with van der Waals surface area (Å²) in [7, 11) is 0. The first kappa shape index (κ1) is 12.1. The fourth-order valence-electron chi connectivity index (χ4n) is 2.51. The first-order valence-electron chi connectivity index (χ1n) is 5.93. The molecule has 1 N–H and O–H groups in total. The minimum Gasteiger partial charge on any atom is -0.307 e. The lowest BCUT2D eigenvalue weighted by Crippen LogP contribution is -2.21. The Morgan fingerprint density at radius 1 is 1.19 bits per heavy atom. The van der Waals surface area contributed by atoms with Gasteiger partial charge in [-0.15, -0.1) is 11.3 Å². The molecule has 2 nitrogen and oxygen atoms in total. The van der Waals surface area contributed by atoms with Crippen molar-refractivity contribution in [3.63, 3.8) is 0 Å². The average molecular weight is 238 g/mol. The van der Waals surface area contributed by atoms with E-state index in [1.165, 1.54) is 15.6 Å². The zero-order valence-corrected chi connectivity index (χ0v) is 12.0. The molecule has 16 heavy (non-hydrogen) atoms. The predicted octanol–water partition coefficient (Wildman–Crippen LogP) is 3.28. The lowest BCUT2D eigenvalue weighted by Gasteiger charge is -2.03. The van der Waals surface area contributed by atoms with Crippen LogP contribution in [-0.4, -0.2) is 11.0 Å². The number of thiazole rings is 1. The van der Waals surface area contributed by atoms with E-state index in [0.29, 0.717) is 16.9 Å². The number of hydrogen-bond donors (Lipinski definition) is 1. The Hall–Kier alpha value is -0.410. The Bertz CT molecular complexity index is 371. The quantitative estimate of drug-likeness (QED) is 0.874. The molecule has 0 spiro atoms. The molecule has 1 aliphatic carbocycles. The maximum atomic E-state index is 4.56. The summed E-state index contributed by atoms with van der Waals surface area (Å²) in [4.78, 5) is 5.90. The summed E-state index contributed by atoms with van der Waals surface area (Å²) in [5.41, 5.74) is 2.00. The van der Waals surface area contributed by atoms with Crippen molar-refractivity contribution in [1.82, 2.24) is 10.3 Å². The van der Waals surface area contributed by atoms with Crippen molar-refractivity contribution in [3.8, 4) is 0 Å². The molecule has 90 valence electrons. The molecule has 1 aliphatic rings. The van der Waals surface area contributed by atoms with Crippen LogP contribution in [0.4, 0.5) is 0 Å². The molecule has 3 heteroatoms. The molecule has 1 heterocycles. The van der Waals surface area contributed by atoms with Gasteiger partial charge in [0.1, 0.15) is 5.01 Å². The van der Waals surface area contributed by atoms with E-state index in [4.69, 9.17) is 0 Å². The molecule has 0 unspecified atom stereocenters. The lowest BCUT2D eigenvalue weighted by atomic mass is 10.0. The highest BCUT2D eigenvalue weighted by atomic mass is 32.1. The first-order chi connectivity index (χ1) is 7.26. The predicted molar refractivity (Wildman–Crippen MR) is 69.8 cm³/mol. The molecule has 2 rings (SSSR count). The number of nitrogens with one attached hydrogen (secondary N) is 1. The van der Waals surface area contributed by atoms with E-state index in [9.17, 15) is 0 Å². The summed E-state index contributed by atoms with van der Waals surface area (Å²) in [6.07, 6.45) is 0. The third kappa shape index (κ3) is 1.70. The number of aromatic nitrogens is 1. The van der Waals surface area contributed by atoms with E-state index >= 15 is 0 Å². The summed E-state index contributed by atoms with van der Waals surface area (Å²) in [6.45, 7) is 14.5. The second-order valence-electron chi connectivity index (χ2n) is 6.01. The Kier molecular flexibility index (Phi) is 2.67. The van der Waals surface area contributed by atoms with Crippen LogP contribution in [0.2, 0.25) is 0 Å². The third-order valence-corrected chi connectivity index (χ3v) is 5.62. The Morgan fingerprint density at radius 2 is 1.75 bits per heavy atom. The molecule has 1 aromatic heterocycles. The van der Waals surface area contributed by atoms with E-state index in [2.05, 4.69) is 51.8 Å². The molecule has 0 atom stereocenters. The first-order valence-corrected chi connectivity index (χ1v) is 6.75. The van der Waals surface area contributed by atoms with Gasteiger partial charge in [-0.3, -0.25) is 0 Å². The smallest absolute Gasteiger partial charge is 0.107 e. The number of hydrogen-bond acceptors (Lipinski definition) is 3. The van der Waals surface area contributed by atoms with Gasteiger partial charge < -0.3 is 5.32 Å². The zero-order valence-electron chi connectivity index (χ0n) is 11.1. The molecule has 0 amide bonds. The topological polar surface area (TPSA) is 24.9 Å². The molecule has 0 bridgehead atoms. The van der Waals surface area contributed by atoms with Gasteiger partial charge in [-0.1, -0.05) is 27.7 Å². The highest BCUT2D eigenvalue weighted by Gasteiger charge is 2.64. The van der Waals surface area contributed by atoms with Crippen LogP contribution in [0.15, 0.2) is 0 Å². The van der Waals surface area contributed by atoms with Crippen molar-refractivity contribution < 1.29 is 0 Å². The summed E-state index contributed by atoms with van der Waals surface area (Å²) in [6, 6.07) is 0.615. The normalized spacial score (nSPS) is 22.4. The van der Waals surface area contributed by atoms with Gasteiger partial charge in [0, 0.05) is 17.5 Å². The summed E-state index contributed by atoms with van der Waals surface area (Å²) < 4.78 is 0. The van der Waals surface area contributed by atoms with Gasteiger partial charge >= 0.3 is 0 Å². The van der Waals surface area contributed by atoms with Crippen LogP contribution in [0.25, 0.3) is 0 Å². The van der Waals surface area contributed by atoms with Crippen molar-refractivity contribution >= 4 is 11.3 Å². The zero-order chi connectivity index (χ0) is 12.1. The van der Waals surface area contributed by atoms with Crippen molar-refractivity contribution in [2.75, 3.05) is 0 Å². The molecule has 1 aromatic rings. The van der Waals surface area contributed by atoms with Crippen LogP contribution >= 0.6 is 11.3 Å². The van der Waals surface area contributed by atoms with Crippen LogP contribution in [0.3, 0.4) is 0 Å². The number of aryl methyl sites for hydroxylation is 2. The Morgan fingerprint density at radius 3 is 2.12 bits per heavy atom. The van der Waals surface area contributed by atoms with Gasteiger partial charge in [-0.25, -0.2) is 4.98 Å². The van der Waals surface area contributed by atoms with Crippen LogP contribution in [-0.2, 0) is 6.54 Å². The number of rotatable bonds is 3. The highest BCUT2D eigenvalue weighted by molar-refractivity contribution is 7.11. The van der Waals surface area contributed by atoms with Crippen LogP contribution in [0, 0.1) is 24.7 Å². The van der Waals surface area contributed by atoms with Crippen molar-refractivity contribution in [3.05, 3.63) is 15.6 Å². The fourth-order valence-corrected chi connectivity index (χ4v) is 3.40. The van der Waals surface area contributed by atoms with Crippen molar-refractivity contribution in [1.29, 1.82) is 0 Å². The van der Waals surface area contributed by atoms with E-state index in [-0.39, 0.29) is 0 Å². The second-order valence-corrected chi connectivity index (χ2v) is 7.29. The molecule has 1 fully saturated rings. The monoisotopic (exact) mass is 238 g/mol. The SMILES string of the molecule is Cc1nc(CNC2C(C)(C)C2(C)C)sc1C. The van der Waals surface area contributed by atoms with Crippen molar-refractivity contribution in [2.45, 2.75) is 54.1 Å². The largest absolute Gasteiger partial charge is 0.307 e. The van der Waals surface area contributed by atoms with Gasteiger partial charge in [0.25, 0.3) is 0 Å². The van der Waals surface area contributed by atoms with Gasteiger partial charge in [0.15, 0.2) is 0 Å². The number of nitrogens with zero attached hydrogens (tertiary/aromatic N) is 1. The summed E-state index contributed by atoms with van der Waals surface area (Å²) >= 11 is 1.81. The van der Waals surface area contributed by atoms with E-state index in [0.717, 1.165) is 6.54 Å². The molecule has 0 aromatic carbocycles. The van der Waals surface area contributed by atoms with E-state index < -0.39 is 0 Å². The van der Waals surface area contributed by atoms with Gasteiger partial charge in [-0.05, 0) is 24.7 Å². The van der Waals surface area contributed by atoms with Gasteiger partial charge in [-0.2, -0.15) is 0 Å². The molecular weight excluding hydrogens is 216 g/mol. The standard InChI is InChI=1S/C13H22N2S/c1-8-9(2)16-10(15-8)7-14-11-12(3,4)13(11,5)6/h11,14H,7H2,1-6H3. The molecule has 0 aliphatic heterocycles. The molecule has 0 radical (unpaired) electrons. The summed E-state index contributed by atoms with van der Waals surface area (Å²) in [5, 5.41) is 4.86. The molecule has 0 saturated heterocycles. The maximum absolute atomic E-state index is 4.56. The molecular formula is C13H22N2S.